The normalized spacial score (nSPS) is 11.9. The van der Waals surface area contributed by atoms with Crippen LogP contribution in [-0.2, 0) is 9.53 Å². The lowest BCUT2D eigenvalue weighted by Crippen LogP contribution is -2.30. The summed E-state index contributed by atoms with van der Waals surface area (Å²) in [5.74, 6) is -1.12. The molecule has 0 saturated carbocycles. The molecule has 0 heterocycles. The summed E-state index contributed by atoms with van der Waals surface area (Å²) in [7, 11) is 1.27. The zero-order valence-corrected chi connectivity index (χ0v) is 10.0. The number of carboxylic acid groups (broad SMARTS) is 1. The smallest absolute Gasteiger partial charge is 0.334 e. The molecule has 1 aromatic carbocycles. The van der Waals surface area contributed by atoms with Gasteiger partial charge >= 0.3 is 5.97 Å². The molecule has 0 aliphatic heterocycles. The highest BCUT2D eigenvalue weighted by Crippen LogP contribution is 2.25. The first-order chi connectivity index (χ1) is 8.45. The van der Waals surface area contributed by atoms with E-state index in [1.165, 1.54) is 13.2 Å². The number of carbonyl (C=O) groups is 1. The first-order valence-electron chi connectivity index (χ1n) is 5.20. The number of aliphatic carboxylic acids is 1. The van der Waals surface area contributed by atoms with Gasteiger partial charge in [0, 0.05) is 13.2 Å². The molecule has 1 atom stereocenters. The molecule has 0 saturated heterocycles. The van der Waals surface area contributed by atoms with Gasteiger partial charge in [-0.05, 0) is 18.6 Å². The van der Waals surface area contributed by atoms with Crippen LogP contribution >= 0.6 is 0 Å². The number of nitro benzene ring substituents is 1. The number of hydrogen-bond acceptors (Lipinski definition) is 5. The quantitative estimate of drug-likeness (QED) is 0.588. The fourth-order valence-electron chi connectivity index (χ4n) is 1.42. The van der Waals surface area contributed by atoms with Crippen molar-refractivity contribution in [2.24, 2.45) is 0 Å². The third-order valence-electron chi connectivity index (χ3n) is 2.39. The second-order valence-electron chi connectivity index (χ2n) is 3.72. The first kappa shape index (κ1) is 13.9. The Kier molecular flexibility index (Phi) is 4.61. The largest absolute Gasteiger partial charge is 0.479 e. The molecule has 1 aromatic rings. The van der Waals surface area contributed by atoms with Crippen molar-refractivity contribution < 1.29 is 19.6 Å². The standard InChI is InChI=1S/C11H14N2O5/c1-7-3-4-9(13(16)17)8(5-7)12-6-10(18-2)11(14)15/h3-5,10,12H,6H2,1-2H3,(H,14,15). The Morgan fingerprint density at radius 3 is 2.78 bits per heavy atom. The average molecular weight is 254 g/mol. The van der Waals surface area contributed by atoms with Crippen molar-refractivity contribution in [2.45, 2.75) is 13.0 Å². The van der Waals surface area contributed by atoms with Crippen LogP contribution in [0, 0.1) is 17.0 Å². The van der Waals surface area contributed by atoms with E-state index in [1.807, 2.05) is 0 Å². The van der Waals surface area contributed by atoms with Crippen LogP contribution in [0.25, 0.3) is 0 Å². The number of aryl methyl sites for hydroxylation is 1. The van der Waals surface area contributed by atoms with Crippen molar-refractivity contribution in [2.75, 3.05) is 19.0 Å². The van der Waals surface area contributed by atoms with Crippen molar-refractivity contribution in [1.29, 1.82) is 0 Å². The van der Waals surface area contributed by atoms with Crippen molar-refractivity contribution in [3.63, 3.8) is 0 Å². The number of methoxy groups -OCH3 is 1. The molecule has 7 heteroatoms. The number of rotatable bonds is 6. The van der Waals surface area contributed by atoms with Gasteiger partial charge in [0.05, 0.1) is 11.5 Å². The van der Waals surface area contributed by atoms with Gasteiger partial charge in [-0.25, -0.2) is 4.79 Å². The summed E-state index contributed by atoms with van der Waals surface area (Å²) in [5.41, 5.74) is 1.02. The van der Waals surface area contributed by atoms with Gasteiger partial charge in [-0.2, -0.15) is 0 Å². The Morgan fingerprint density at radius 2 is 2.28 bits per heavy atom. The fraction of sp³-hybridized carbons (Fsp3) is 0.364. The van der Waals surface area contributed by atoms with Gasteiger partial charge in [-0.1, -0.05) is 6.07 Å². The maximum Gasteiger partial charge on any atom is 0.334 e. The third kappa shape index (κ3) is 3.42. The van der Waals surface area contributed by atoms with Gasteiger partial charge in [0.25, 0.3) is 5.69 Å². The number of ether oxygens (including phenoxy) is 1. The van der Waals surface area contributed by atoms with E-state index in [1.54, 1.807) is 19.1 Å². The minimum absolute atomic E-state index is 0.0455. The van der Waals surface area contributed by atoms with Gasteiger partial charge in [0.1, 0.15) is 5.69 Å². The summed E-state index contributed by atoms with van der Waals surface area (Å²) < 4.78 is 4.73. The van der Waals surface area contributed by atoms with Crippen LogP contribution in [0.5, 0.6) is 0 Å². The molecular weight excluding hydrogens is 240 g/mol. The van der Waals surface area contributed by atoms with Crippen molar-refractivity contribution in [3.05, 3.63) is 33.9 Å². The Balaban J connectivity index is 2.86. The van der Waals surface area contributed by atoms with Gasteiger partial charge in [-0.3, -0.25) is 10.1 Å². The summed E-state index contributed by atoms with van der Waals surface area (Å²) in [6.45, 7) is 1.75. The van der Waals surface area contributed by atoms with E-state index in [4.69, 9.17) is 9.84 Å². The molecule has 0 bridgehead atoms. The van der Waals surface area contributed by atoms with E-state index in [0.29, 0.717) is 0 Å². The molecule has 7 nitrogen and oxygen atoms in total. The van der Waals surface area contributed by atoms with Crippen LogP contribution < -0.4 is 5.32 Å². The van der Waals surface area contributed by atoms with Crippen LogP contribution in [0.2, 0.25) is 0 Å². The van der Waals surface area contributed by atoms with Crippen LogP contribution in [0.4, 0.5) is 11.4 Å². The predicted molar refractivity (Wildman–Crippen MR) is 64.8 cm³/mol. The van der Waals surface area contributed by atoms with Crippen LogP contribution in [0.3, 0.4) is 0 Å². The maximum atomic E-state index is 10.8. The van der Waals surface area contributed by atoms with Crippen LogP contribution in [0.1, 0.15) is 5.56 Å². The molecule has 0 spiro atoms. The van der Waals surface area contributed by atoms with Crippen molar-refractivity contribution in [3.8, 4) is 0 Å². The Bertz CT molecular complexity index is 461. The molecule has 1 rings (SSSR count). The van der Waals surface area contributed by atoms with Crippen molar-refractivity contribution in [1.82, 2.24) is 0 Å². The number of hydrogen-bond donors (Lipinski definition) is 2. The maximum absolute atomic E-state index is 10.8. The summed E-state index contributed by atoms with van der Waals surface area (Å²) in [6, 6.07) is 4.58. The summed E-state index contributed by atoms with van der Waals surface area (Å²) >= 11 is 0. The van der Waals surface area contributed by atoms with E-state index >= 15 is 0 Å². The molecule has 98 valence electrons. The predicted octanol–water partition coefficient (Wildman–Crippen LogP) is 1.41. The SMILES string of the molecule is COC(CNc1cc(C)ccc1[N+](=O)[O-])C(=O)O. The van der Waals surface area contributed by atoms with E-state index in [0.717, 1.165) is 5.56 Å². The second kappa shape index (κ2) is 5.97. The monoisotopic (exact) mass is 254 g/mol. The van der Waals surface area contributed by atoms with E-state index in [9.17, 15) is 14.9 Å². The molecule has 1 unspecified atom stereocenters. The molecule has 0 aliphatic carbocycles. The molecule has 2 N–H and O–H groups in total. The van der Waals surface area contributed by atoms with Crippen molar-refractivity contribution >= 4 is 17.3 Å². The molecule has 0 radical (unpaired) electrons. The second-order valence-corrected chi connectivity index (χ2v) is 3.72. The Morgan fingerprint density at radius 1 is 1.61 bits per heavy atom. The zero-order valence-electron chi connectivity index (χ0n) is 10.0. The fourth-order valence-corrected chi connectivity index (χ4v) is 1.42. The number of nitrogens with one attached hydrogen (secondary N) is 1. The lowest BCUT2D eigenvalue weighted by Gasteiger charge is -2.13. The van der Waals surface area contributed by atoms with E-state index in [2.05, 4.69) is 5.32 Å². The average Bonchev–Trinajstić information content (AvgIpc) is 2.29. The summed E-state index contributed by atoms with van der Waals surface area (Å²) in [5, 5.41) is 22.3. The molecule has 18 heavy (non-hydrogen) atoms. The van der Waals surface area contributed by atoms with E-state index < -0.39 is 17.0 Å². The van der Waals surface area contributed by atoms with E-state index in [-0.39, 0.29) is 17.9 Å². The lowest BCUT2D eigenvalue weighted by molar-refractivity contribution is -0.384. The zero-order chi connectivity index (χ0) is 13.7. The number of carboxylic acids is 1. The minimum Gasteiger partial charge on any atom is -0.479 e. The van der Waals surface area contributed by atoms with Gasteiger partial charge in [0.15, 0.2) is 6.10 Å². The van der Waals surface area contributed by atoms with Crippen LogP contribution in [-0.4, -0.2) is 35.8 Å². The highest BCUT2D eigenvalue weighted by atomic mass is 16.6. The Hall–Kier alpha value is -2.15. The van der Waals surface area contributed by atoms with Gasteiger partial charge in [0.2, 0.25) is 0 Å². The minimum atomic E-state index is -1.12. The molecule has 0 fully saturated rings. The lowest BCUT2D eigenvalue weighted by atomic mass is 10.2. The highest BCUT2D eigenvalue weighted by Gasteiger charge is 2.19. The first-order valence-corrected chi connectivity index (χ1v) is 5.20. The van der Waals surface area contributed by atoms with Crippen LogP contribution in [0.15, 0.2) is 18.2 Å². The number of nitrogens with zero attached hydrogens (tertiary/aromatic N) is 1. The number of benzene rings is 1. The molecular formula is C11H14N2O5. The molecule has 0 amide bonds. The van der Waals surface area contributed by atoms with Gasteiger partial charge in [-0.15, -0.1) is 0 Å². The number of anilines is 1. The topological polar surface area (TPSA) is 102 Å². The molecule has 0 aromatic heterocycles. The summed E-state index contributed by atoms with van der Waals surface area (Å²) in [4.78, 5) is 21.0. The number of nitro groups is 1. The Labute approximate surface area is 104 Å². The third-order valence-corrected chi connectivity index (χ3v) is 2.39. The highest BCUT2D eigenvalue weighted by molar-refractivity contribution is 5.73. The van der Waals surface area contributed by atoms with Gasteiger partial charge < -0.3 is 15.2 Å². The molecule has 0 aliphatic rings. The summed E-state index contributed by atoms with van der Waals surface area (Å²) in [6.07, 6.45) is -1.05.